The van der Waals surface area contributed by atoms with E-state index in [-0.39, 0.29) is 0 Å². The largest absolute Gasteiger partial charge is 0.176 e. The van der Waals surface area contributed by atoms with Gasteiger partial charge in [0.05, 0.1) is 0 Å². The van der Waals surface area contributed by atoms with Crippen molar-refractivity contribution in [3.05, 3.63) is 0 Å². The molecule has 0 heterocycles. The summed E-state index contributed by atoms with van der Waals surface area (Å²) in [6, 6.07) is 0. The minimum absolute atomic E-state index is 0.715. The molecule has 0 aromatic heterocycles. The third-order valence-electron chi connectivity index (χ3n) is 3.03. The monoisotopic (exact) mass is 186 g/mol. The van der Waals surface area contributed by atoms with Crippen molar-refractivity contribution in [2.75, 3.05) is 0 Å². The molecule has 0 aromatic rings. The van der Waals surface area contributed by atoms with Gasteiger partial charge in [0.25, 0.3) is 0 Å². The smallest absolute Gasteiger partial charge is 0.00170 e. The molecular formula is C11H22S. The maximum atomic E-state index is 4.51. The van der Waals surface area contributed by atoms with Crippen LogP contribution in [0.4, 0.5) is 0 Å². The summed E-state index contributed by atoms with van der Waals surface area (Å²) in [7, 11) is 0. The summed E-state index contributed by atoms with van der Waals surface area (Å²) in [5.74, 6) is 1.04. The van der Waals surface area contributed by atoms with Gasteiger partial charge in [-0.05, 0) is 31.6 Å². The van der Waals surface area contributed by atoms with Gasteiger partial charge in [-0.2, -0.15) is 12.6 Å². The summed E-state index contributed by atoms with van der Waals surface area (Å²) < 4.78 is 0. The molecule has 1 rings (SSSR count). The second kappa shape index (κ2) is 5.90. The predicted octanol–water partition coefficient (Wildman–Crippen LogP) is 4.06. The predicted molar refractivity (Wildman–Crippen MR) is 58.9 cm³/mol. The Labute approximate surface area is 82.5 Å². The number of hydrogen-bond acceptors (Lipinski definition) is 1. The van der Waals surface area contributed by atoms with Crippen LogP contribution in [-0.4, -0.2) is 5.25 Å². The first-order valence-electron chi connectivity index (χ1n) is 5.51. The topological polar surface area (TPSA) is 0 Å². The standard InChI is InChI=1S/C11H22S/c1-2-3-4-5-10-6-8-11(12)9-7-10/h10-12H,2-9H2,1H3/t10-,11+. The Bertz CT molecular complexity index is 104. The van der Waals surface area contributed by atoms with Crippen molar-refractivity contribution in [1.82, 2.24) is 0 Å². The molecule has 12 heavy (non-hydrogen) atoms. The summed E-state index contributed by atoms with van der Waals surface area (Å²) in [6.07, 6.45) is 11.3. The summed E-state index contributed by atoms with van der Waals surface area (Å²) in [4.78, 5) is 0. The molecule has 0 N–H and O–H groups in total. The maximum absolute atomic E-state index is 4.51. The van der Waals surface area contributed by atoms with E-state index in [9.17, 15) is 0 Å². The van der Waals surface area contributed by atoms with Crippen LogP contribution in [0.3, 0.4) is 0 Å². The molecule has 0 aromatic carbocycles. The van der Waals surface area contributed by atoms with Gasteiger partial charge in [0.15, 0.2) is 0 Å². The molecule has 0 nitrogen and oxygen atoms in total. The Morgan fingerprint density at radius 2 is 1.75 bits per heavy atom. The van der Waals surface area contributed by atoms with Crippen molar-refractivity contribution in [2.24, 2.45) is 5.92 Å². The molecule has 0 unspecified atom stereocenters. The van der Waals surface area contributed by atoms with Crippen molar-refractivity contribution in [3.63, 3.8) is 0 Å². The quantitative estimate of drug-likeness (QED) is 0.497. The maximum Gasteiger partial charge on any atom is 0.00170 e. The lowest BCUT2D eigenvalue weighted by Gasteiger charge is -2.25. The van der Waals surface area contributed by atoms with Crippen LogP contribution >= 0.6 is 12.6 Å². The molecule has 1 fully saturated rings. The number of thiol groups is 1. The molecule has 0 bridgehead atoms. The molecule has 1 aliphatic carbocycles. The van der Waals surface area contributed by atoms with Gasteiger partial charge in [0.1, 0.15) is 0 Å². The van der Waals surface area contributed by atoms with E-state index in [2.05, 4.69) is 19.6 Å². The Morgan fingerprint density at radius 1 is 1.08 bits per heavy atom. The Hall–Kier alpha value is 0.350. The SMILES string of the molecule is CCCCC[C@H]1CC[C@@H](S)CC1. The van der Waals surface area contributed by atoms with Gasteiger partial charge in [0, 0.05) is 5.25 Å². The molecule has 1 heteroatoms. The number of rotatable bonds is 4. The van der Waals surface area contributed by atoms with Gasteiger partial charge in [-0.3, -0.25) is 0 Å². The lowest BCUT2D eigenvalue weighted by atomic mass is 9.85. The van der Waals surface area contributed by atoms with Crippen LogP contribution in [0.25, 0.3) is 0 Å². The van der Waals surface area contributed by atoms with Crippen molar-refractivity contribution >= 4 is 12.6 Å². The summed E-state index contributed by atoms with van der Waals surface area (Å²) in [6.45, 7) is 2.28. The second-order valence-electron chi connectivity index (χ2n) is 4.17. The Morgan fingerprint density at radius 3 is 2.33 bits per heavy atom. The van der Waals surface area contributed by atoms with E-state index in [1.165, 1.54) is 51.4 Å². The first-order chi connectivity index (χ1) is 5.83. The highest BCUT2D eigenvalue weighted by atomic mass is 32.1. The lowest BCUT2D eigenvalue weighted by Crippen LogP contribution is -2.14. The van der Waals surface area contributed by atoms with Crippen molar-refractivity contribution in [2.45, 2.75) is 63.5 Å². The first kappa shape index (κ1) is 10.4. The summed E-state index contributed by atoms with van der Waals surface area (Å²) >= 11 is 4.51. The Balaban J connectivity index is 2.01. The van der Waals surface area contributed by atoms with Crippen LogP contribution in [0, 0.1) is 5.92 Å². The summed E-state index contributed by atoms with van der Waals surface area (Å²) in [5.41, 5.74) is 0. The Kier molecular flexibility index (Phi) is 5.13. The van der Waals surface area contributed by atoms with Gasteiger partial charge in [-0.15, -0.1) is 0 Å². The fraction of sp³-hybridized carbons (Fsp3) is 1.00. The molecule has 72 valence electrons. The van der Waals surface area contributed by atoms with E-state index < -0.39 is 0 Å². The number of hydrogen-bond donors (Lipinski definition) is 1. The molecule has 0 atom stereocenters. The van der Waals surface area contributed by atoms with Crippen molar-refractivity contribution < 1.29 is 0 Å². The van der Waals surface area contributed by atoms with E-state index in [4.69, 9.17) is 0 Å². The molecular weight excluding hydrogens is 164 g/mol. The van der Waals surface area contributed by atoms with Gasteiger partial charge >= 0.3 is 0 Å². The third kappa shape index (κ3) is 3.84. The van der Waals surface area contributed by atoms with Crippen LogP contribution in [0.2, 0.25) is 0 Å². The van der Waals surface area contributed by atoms with Gasteiger partial charge in [-0.1, -0.05) is 32.6 Å². The fourth-order valence-electron chi connectivity index (χ4n) is 2.12. The molecule has 0 radical (unpaired) electrons. The third-order valence-corrected chi connectivity index (χ3v) is 3.55. The van der Waals surface area contributed by atoms with Crippen LogP contribution < -0.4 is 0 Å². The van der Waals surface area contributed by atoms with Crippen molar-refractivity contribution in [3.8, 4) is 0 Å². The zero-order chi connectivity index (χ0) is 8.81. The van der Waals surface area contributed by atoms with E-state index in [1.807, 2.05) is 0 Å². The molecule has 0 saturated heterocycles. The molecule has 0 spiro atoms. The van der Waals surface area contributed by atoms with E-state index in [1.54, 1.807) is 0 Å². The van der Waals surface area contributed by atoms with Crippen LogP contribution in [0.5, 0.6) is 0 Å². The van der Waals surface area contributed by atoms with Crippen LogP contribution in [-0.2, 0) is 0 Å². The highest BCUT2D eigenvalue weighted by Gasteiger charge is 2.17. The number of unbranched alkanes of at least 4 members (excludes halogenated alkanes) is 2. The molecule has 0 aliphatic heterocycles. The van der Waals surface area contributed by atoms with Crippen LogP contribution in [0.15, 0.2) is 0 Å². The molecule has 1 aliphatic rings. The van der Waals surface area contributed by atoms with Gasteiger partial charge in [0.2, 0.25) is 0 Å². The van der Waals surface area contributed by atoms with E-state index in [0.29, 0.717) is 5.25 Å². The van der Waals surface area contributed by atoms with E-state index in [0.717, 1.165) is 5.92 Å². The zero-order valence-electron chi connectivity index (χ0n) is 8.26. The molecule has 1 saturated carbocycles. The van der Waals surface area contributed by atoms with Gasteiger partial charge < -0.3 is 0 Å². The summed E-state index contributed by atoms with van der Waals surface area (Å²) in [5, 5.41) is 0.715. The van der Waals surface area contributed by atoms with Crippen LogP contribution in [0.1, 0.15) is 58.3 Å². The van der Waals surface area contributed by atoms with E-state index >= 15 is 0 Å². The zero-order valence-corrected chi connectivity index (χ0v) is 9.15. The molecule has 0 amide bonds. The second-order valence-corrected chi connectivity index (χ2v) is 4.90. The normalized spacial score (nSPS) is 30.5. The van der Waals surface area contributed by atoms with Crippen molar-refractivity contribution in [1.29, 1.82) is 0 Å². The average Bonchev–Trinajstić information content (AvgIpc) is 2.09. The highest BCUT2D eigenvalue weighted by Crippen LogP contribution is 2.30. The minimum atomic E-state index is 0.715. The fourth-order valence-corrected chi connectivity index (χ4v) is 2.41. The van der Waals surface area contributed by atoms with Gasteiger partial charge in [-0.25, -0.2) is 0 Å². The average molecular weight is 186 g/mol. The first-order valence-corrected chi connectivity index (χ1v) is 6.02. The highest BCUT2D eigenvalue weighted by molar-refractivity contribution is 7.80. The minimum Gasteiger partial charge on any atom is -0.176 e. The lowest BCUT2D eigenvalue weighted by molar-refractivity contribution is 0.336.